The average molecular weight is 442 g/mol. The first-order valence-corrected chi connectivity index (χ1v) is 7.89. The van der Waals surface area contributed by atoms with Gasteiger partial charge in [-0.1, -0.05) is 12.1 Å². The Balaban J connectivity index is 3.64. The van der Waals surface area contributed by atoms with Crippen LogP contribution in [-0.4, -0.2) is 54.3 Å². The maximum Gasteiger partial charge on any atom is 0.471 e. The van der Waals surface area contributed by atoms with Gasteiger partial charge in [0, 0.05) is 5.56 Å². The number of hydrogen-bond donors (Lipinski definition) is 1. The number of halogens is 4. The van der Waals surface area contributed by atoms with E-state index in [1.165, 1.54) is 38.3 Å². The minimum absolute atomic E-state index is 0.151. The molecule has 0 fully saturated rings. The van der Waals surface area contributed by atoms with E-state index in [0.29, 0.717) is 0 Å². The van der Waals surface area contributed by atoms with E-state index in [2.05, 4.69) is 15.9 Å². The highest BCUT2D eigenvalue weighted by atomic mass is 79.9. The molecule has 26 heavy (non-hydrogen) atoms. The van der Waals surface area contributed by atoms with Gasteiger partial charge in [0.1, 0.15) is 12.3 Å². The van der Waals surface area contributed by atoms with Crippen molar-refractivity contribution in [2.45, 2.75) is 17.5 Å². The normalized spacial score (nSPS) is 13.5. The Morgan fingerprint density at radius 3 is 2.35 bits per heavy atom. The Bertz CT molecular complexity index is 696. The van der Waals surface area contributed by atoms with Crippen LogP contribution in [0.4, 0.5) is 13.2 Å². The first-order chi connectivity index (χ1) is 12.0. The first-order valence-electron chi connectivity index (χ1n) is 7.09. The van der Waals surface area contributed by atoms with Crippen LogP contribution in [0.5, 0.6) is 5.75 Å². The number of rotatable bonds is 7. The van der Waals surface area contributed by atoms with Gasteiger partial charge in [0.2, 0.25) is 4.45 Å². The molecule has 1 amide bonds. The van der Waals surface area contributed by atoms with Crippen LogP contribution in [0.15, 0.2) is 24.3 Å². The lowest BCUT2D eigenvalue weighted by Crippen LogP contribution is -2.56. The van der Waals surface area contributed by atoms with E-state index in [1.807, 2.05) is 0 Å². The molecule has 1 atom stereocenters. The third-order valence-corrected chi connectivity index (χ3v) is 4.36. The Morgan fingerprint density at radius 1 is 1.27 bits per heavy atom. The topological polar surface area (TPSA) is 93.1 Å². The summed E-state index contributed by atoms with van der Waals surface area (Å²) in [6.45, 7) is -0.207. The van der Waals surface area contributed by atoms with Gasteiger partial charge < -0.3 is 14.6 Å². The van der Waals surface area contributed by atoms with E-state index in [4.69, 9.17) is 14.6 Å². The van der Waals surface area contributed by atoms with Crippen LogP contribution in [0.2, 0.25) is 0 Å². The van der Waals surface area contributed by atoms with Crippen molar-refractivity contribution in [2.75, 3.05) is 20.3 Å². The molecule has 1 N–H and O–H groups in total. The lowest BCUT2D eigenvalue weighted by molar-refractivity contribution is -0.193. The van der Waals surface area contributed by atoms with E-state index in [9.17, 15) is 27.6 Å². The summed E-state index contributed by atoms with van der Waals surface area (Å²) in [7, 11) is 1.29. The number of esters is 1. The standard InChI is InChI=1S/C15H15BrF3NO6/c1-3-26-13(24)14(16,9-5-4-6-10(7-9)25-2)20(8-11(21)22)12(23)15(17,18)19/h4-7H,3,8H2,1-2H3,(H,21,22). The Kier molecular flexibility index (Phi) is 7.01. The molecule has 0 saturated heterocycles. The fourth-order valence-electron chi connectivity index (χ4n) is 2.05. The molecule has 0 radical (unpaired) electrons. The van der Waals surface area contributed by atoms with Crippen molar-refractivity contribution in [1.29, 1.82) is 0 Å². The number of carboxylic acid groups (broad SMARTS) is 1. The third kappa shape index (κ3) is 4.65. The second-order valence-electron chi connectivity index (χ2n) is 4.86. The van der Waals surface area contributed by atoms with Gasteiger partial charge in [0.15, 0.2) is 0 Å². The monoisotopic (exact) mass is 441 g/mol. The maximum atomic E-state index is 13.0. The second kappa shape index (κ2) is 8.39. The average Bonchev–Trinajstić information content (AvgIpc) is 2.57. The van der Waals surface area contributed by atoms with Gasteiger partial charge in [0.05, 0.1) is 13.7 Å². The fourth-order valence-corrected chi connectivity index (χ4v) is 2.70. The highest BCUT2D eigenvalue weighted by molar-refractivity contribution is 9.10. The van der Waals surface area contributed by atoms with Gasteiger partial charge in [-0.3, -0.25) is 14.5 Å². The molecule has 0 aliphatic heterocycles. The molecule has 0 saturated carbocycles. The van der Waals surface area contributed by atoms with Crippen molar-refractivity contribution >= 4 is 33.8 Å². The SMILES string of the molecule is CCOC(=O)C(Br)(c1cccc(OC)c1)N(CC(=O)O)C(=O)C(F)(F)F. The summed E-state index contributed by atoms with van der Waals surface area (Å²) >= 11 is 2.82. The summed E-state index contributed by atoms with van der Waals surface area (Å²) in [6.07, 6.45) is -5.42. The van der Waals surface area contributed by atoms with Gasteiger partial charge >= 0.3 is 24.0 Å². The van der Waals surface area contributed by atoms with Crippen molar-refractivity contribution in [3.8, 4) is 5.75 Å². The molecule has 0 spiro atoms. The van der Waals surface area contributed by atoms with Gasteiger partial charge in [-0.25, -0.2) is 4.79 Å². The molecule has 1 unspecified atom stereocenters. The summed E-state index contributed by atoms with van der Waals surface area (Å²) in [5.74, 6) is -5.39. The fraction of sp³-hybridized carbons (Fsp3) is 0.400. The summed E-state index contributed by atoms with van der Waals surface area (Å²) in [5, 5.41) is 8.96. The highest BCUT2D eigenvalue weighted by Crippen LogP contribution is 2.40. The predicted molar refractivity (Wildman–Crippen MR) is 85.6 cm³/mol. The number of aliphatic carboxylic acids is 1. The van der Waals surface area contributed by atoms with Gasteiger partial charge in [0.25, 0.3) is 0 Å². The third-order valence-electron chi connectivity index (χ3n) is 3.15. The molecule has 0 heterocycles. The summed E-state index contributed by atoms with van der Waals surface area (Å²) in [5.41, 5.74) is -0.172. The number of amides is 1. The summed E-state index contributed by atoms with van der Waals surface area (Å²) in [4.78, 5) is 35.2. The summed E-state index contributed by atoms with van der Waals surface area (Å²) < 4.78 is 46.2. The van der Waals surface area contributed by atoms with Crippen LogP contribution in [0, 0.1) is 0 Å². The van der Waals surface area contributed by atoms with Crippen LogP contribution < -0.4 is 4.74 Å². The van der Waals surface area contributed by atoms with Crippen LogP contribution in [0.1, 0.15) is 12.5 Å². The molecule has 0 aliphatic carbocycles. The Morgan fingerprint density at radius 2 is 1.88 bits per heavy atom. The number of ether oxygens (including phenoxy) is 2. The Hall–Kier alpha value is -2.30. The van der Waals surface area contributed by atoms with E-state index < -0.39 is 35.0 Å². The molecule has 7 nitrogen and oxygen atoms in total. The van der Waals surface area contributed by atoms with Crippen LogP contribution in [-0.2, 0) is 23.6 Å². The number of carboxylic acids is 1. The molecule has 1 rings (SSSR count). The molecule has 0 aromatic heterocycles. The number of benzene rings is 1. The zero-order chi connectivity index (χ0) is 20.1. The van der Waals surface area contributed by atoms with Crippen LogP contribution >= 0.6 is 15.9 Å². The number of carbonyl (C=O) groups is 3. The molecule has 0 bridgehead atoms. The van der Waals surface area contributed by atoms with Gasteiger partial charge in [-0.15, -0.1) is 0 Å². The number of methoxy groups -OCH3 is 1. The largest absolute Gasteiger partial charge is 0.497 e. The zero-order valence-electron chi connectivity index (χ0n) is 13.7. The lowest BCUT2D eigenvalue weighted by atomic mass is 10.0. The van der Waals surface area contributed by atoms with Crippen molar-refractivity contribution < 1.29 is 42.1 Å². The van der Waals surface area contributed by atoms with Crippen LogP contribution in [0.3, 0.4) is 0 Å². The van der Waals surface area contributed by atoms with Crippen molar-refractivity contribution in [2.24, 2.45) is 0 Å². The Labute approximate surface area is 154 Å². The molecular formula is C15H15BrF3NO6. The number of hydrogen-bond acceptors (Lipinski definition) is 5. The van der Waals surface area contributed by atoms with Gasteiger partial charge in [-0.05, 0) is 35.0 Å². The molecule has 1 aromatic carbocycles. The lowest BCUT2D eigenvalue weighted by Gasteiger charge is -2.37. The number of carbonyl (C=O) groups excluding carboxylic acids is 2. The highest BCUT2D eigenvalue weighted by Gasteiger charge is 2.55. The van der Waals surface area contributed by atoms with E-state index >= 15 is 0 Å². The minimum Gasteiger partial charge on any atom is -0.497 e. The van der Waals surface area contributed by atoms with Crippen molar-refractivity contribution in [3.63, 3.8) is 0 Å². The number of nitrogens with zero attached hydrogens (tertiary/aromatic N) is 1. The quantitative estimate of drug-likeness (QED) is 0.396. The molecular weight excluding hydrogens is 427 g/mol. The van der Waals surface area contributed by atoms with Crippen molar-refractivity contribution in [1.82, 2.24) is 4.90 Å². The first kappa shape index (κ1) is 21.7. The maximum absolute atomic E-state index is 13.0. The minimum atomic E-state index is -5.42. The van der Waals surface area contributed by atoms with Crippen LogP contribution in [0.25, 0.3) is 0 Å². The van der Waals surface area contributed by atoms with E-state index in [1.54, 1.807) is 0 Å². The molecule has 144 valence electrons. The molecule has 1 aromatic rings. The van der Waals surface area contributed by atoms with E-state index in [0.717, 1.165) is 0 Å². The smallest absolute Gasteiger partial charge is 0.471 e. The second-order valence-corrected chi connectivity index (χ2v) is 6.00. The molecule has 0 aliphatic rings. The van der Waals surface area contributed by atoms with Crippen molar-refractivity contribution in [3.05, 3.63) is 29.8 Å². The van der Waals surface area contributed by atoms with E-state index in [-0.39, 0.29) is 22.8 Å². The summed E-state index contributed by atoms with van der Waals surface area (Å²) in [6, 6.07) is 5.23. The number of alkyl halides is 4. The predicted octanol–water partition coefficient (Wildman–Crippen LogP) is 2.28. The van der Waals surface area contributed by atoms with Gasteiger partial charge in [-0.2, -0.15) is 13.2 Å². The zero-order valence-corrected chi connectivity index (χ0v) is 15.3. The molecule has 11 heteroatoms.